The lowest BCUT2D eigenvalue weighted by Crippen LogP contribution is -2.24. The van der Waals surface area contributed by atoms with E-state index in [2.05, 4.69) is 10.3 Å². The van der Waals surface area contributed by atoms with Gasteiger partial charge in [-0.05, 0) is 48.1 Å². The number of hydrogen-bond donors (Lipinski definition) is 2. The summed E-state index contributed by atoms with van der Waals surface area (Å²) in [7, 11) is 1.38. The number of carbonyl (C=O) groups excluding carboxylic acids is 1. The molecule has 1 saturated carbocycles. The summed E-state index contributed by atoms with van der Waals surface area (Å²) in [6, 6.07) is 5.97. The van der Waals surface area contributed by atoms with Gasteiger partial charge in [-0.2, -0.15) is 0 Å². The number of carbonyl (C=O) groups is 1. The van der Waals surface area contributed by atoms with Crippen molar-refractivity contribution in [2.75, 3.05) is 20.3 Å². The maximum atomic E-state index is 14.7. The number of hydrogen-bond acceptors (Lipinski definition) is 5. The van der Waals surface area contributed by atoms with Crippen LogP contribution in [0, 0.1) is 11.7 Å². The molecule has 174 valence electrons. The van der Waals surface area contributed by atoms with Crippen molar-refractivity contribution in [1.82, 2.24) is 10.3 Å². The number of nitrogens with zero attached hydrogens (tertiary/aromatic N) is 1. The van der Waals surface area contributed by atoms with Crippen LogP contribution in [0.1, 0.15) is 40.7 Å². The molecule has 1 atom stereocenters. The maximum absolute atomic E-state index is 14.7. The monoisotopic (exact) mass is 456 g/mol. The quantitative estimate of drug-likeness (QED) is 0.597. The Morgan fingerprint density at radius 3 is 2.82 bits per heavy atom. The van der Waals surface area contributed by atoms with Crippen molar-refractivity contribution >= 4 is 11.5 Å². The van der Waals surface area contributed by atoms with Gasteiger partial charge in [-0.15, -0.1) is 0 Å². The summed E-state index contributed by atoms with van der Waals surface area (Å²) in [5, 5.41) is 12.4. The molecule has 0 radical (unpaired) electrons. The van der Waals surface area contributed by atoms with Crippen LogP contribution in [0.15, 0.2) is 48.2 Å². The predicted octanol–water partition coefficient (Wildman–Crippen LogP) is 3.99. The van der Waals surface area contributed by atoms with E-state index in [1.54, 1.807) is 18.2 Å². The van der Waals surface area contributed by atoms with Crippen molar-refractivity contribution in [1.29, 1.82) is 0 Å². The predicted molar refractivity (Wildman–Crippen MR) is 119 cm³/mol. The van der Waals surface area contributed by atoms with Gasteiger partial charge in [0.25, 0.3) is 5.91 Å². The first-order valence-electron chi connectivity index (χ1n) is 10.9. The van der Waals surface area contributed by atoms with Crippen molar-refractivity contribution < 1.29 is 28.2 Å². The minimum Gasteiger partial charge on any atom is -0.494 e. The second kappa shape index (κ2) is 10.1. The van der Waals surface area contributed by atoms with Gasteiger partial charge in [0, 0.05) is 30.3 Å². The van der Waals surface area contributed by atoms with E-state index in [0.717, 1.165) is 12.8 Å². The molecule has 33 heavy (non-hydrogen) atoms. The number of aliphatic hydroxyl groups is 1. The number of nitrogens with one attached hydrogen (secondary N) is 1. The van der Waals surface area contributed by atoms with Crippen LogP contribution in [0.5, 0.6) is 11.6 Å². The van der Waals surface area contributed by atoms with Gasteiger partial charge in [-0.25, -0.2) is 13.8 Å². The fourth-order valence-corrected chi connectivity index (χ4v) is 3.70. The number of aromatic nitrogens is 1. The SMILES string of the molecule is COc1ccc(CNC(=O)c2cc(C3=C(CO)C=CCC3F)cnc2OCC2CC2)cc1F. The Bertz CT molecular complexity index is 1100. The zero-order valence-electron chi connectivity index (χ0n) is 18.3. The molecule has 2 aliphatic rings. The molecule has 0 saturated heterocycles. The van der Waals surface area contributed by atoms with Crippen molar-refractivity contribution in [3.05, 3.63) is 70.7 Å². The molecule has 1 heterocycles. The van der Waals surface area contributed by atoms with E-state index < -0.39 is 17.9 Å². The van der Waals surface area contributed by atoms with Crippen LogP contribution in [-0.4, -0.2) is 42.5 Å². The third-order valence-corrected chi connectivity index (χ3v) is 5.72. The summed E-state index contributed by atoms with van der Waals surface area (Å²) in [5.41, 5.74) is 1.89. The second-order valence-electron chi connectivity index (χ2n) is 8.19. The van der Waals surface area contributed by atoms with Gasteiger partial charge < -0.3 is 19.9 Å². The molecule has 1 unspecified atom stereocenters. The van der Waals surface area contributed by atoms with E-state index in [0.29, 0.717) is 34.8 Å². The molecule has 2 aromatic rings. The number of halogens is 2. The minimum absolute atomic E-state index is 0.0745. The lowest BCUT2D eigenvalue weighted by Gasteiger charge is -2.20. The zero-order valence-corrected chi connectivity index (χ0v) is 18.3. The largest absolute Gasteiger partial charge is 0.494 e. The number of allylic oxidation sites excluding steroid dienone is 2. The number of aliphatic hydroxyl groups excluding tert-OH is 1. The lowest BCUT2D eigenvalue weighted by molar-refractivity contribution is 0.0945. The van der Waals surface area contributed by atoms with Crippen molar-refractivity contribution in [3.8, 4) is 11.6 Å². The number of rotatable bonds is 9. The molecule has 0 bridgehead atoms. The Labute approximate surface area is 190 Å². The second-order valence-corrected chi connectivity index (χ2v) is 8.19. The maximum Gasteiger partial charge on any atom is 0.257 e. The molecule has 1 amide bonds. The normalized spacial score (nSPS) is 17.8. The van der Waals surface area contributed by atoms with Gasteiger partial charge in [-0.1, -0.05) is 18.2 Å². The van der Waals surface area contributed by atoms with Crippen molar-refractivity contribution in [2.45, 2.75) is 32.0 Å². The van der Waals surface area contributed by atoms with Crippen LogP contribution < -0.4 is 14.8 Å². The summed E-state index contributed by atoms with van der Waals surface area (Å²) >= 11 is 0. The molecule has 0 spiro atoms. The smallest absolute Gasteiger partial charge is 0.257 e. The van der Waals surface area contributed by atoms with E-state index in [4.69, 9.17) is 9.47 Å². The van der Waals surface area contributed by atoms with Crippen LogP contribution in [0.3, 0.4) is 0 Å². The highest BCUT2D eigenvalue weighted by molar-refractivity contribution is 5.97. The van der Waals surface area contributed by atoms with Gasteiger partial charge in [-0.3, -0.25) is 4.79 Å². The molecule has 4 rings (SSSR count). The topological polar surface area (TPSA) is 80.7 Å². The third kappa shape index (κ3) is 5.39. The molecule has 1 fully saturated rings. The summed E-state index contributed by atoms with van der Waals surface area (Å²) in [6.45, 7) is 0.206. The molecule has 2 aliphatic carbocycles. The van der Waals surface area contributed by atoms with Gasteiger partial charge in [0.05, 0.1) is 20.3 Å². The molecule has 8 heteroatoms. The number of amides is 1. The molecule has 6 nitrogen and oxygen atoms in total. The fraction of sp³-hybridized carbons (Fsp3) is 0.360. The van der Waals surface area contributed by atoms with Gasteiger partial charge >= 0.3 is 0 Å². The Kier molecular flexibility index (Phi) is 7.03. The number of benzene rings is 1. The Morgan fingerprint density at radius 1 is 1.30 bits per heavy atom. The van der Waals surface area contributed by atoms with Gasteiger partial charge in [0.1, 0.15) is 11.7 Å². The Hall–Kier alpha value is -3.26. The first-order valence-corrected chi connectivity index (χ1v) is 10.9. The average molecular weight is 456 g/mol. The number of methoxy groups -OCH3 is 1. The number of pyridine rings is 1. The first kappa shape index (κ1) is 22.9. The van der Waals surface area contributed by atoms with E-state index in [1.807, 2.05) is 0 Å². The summed E-state index contributed by atoms with van der Waals surface area (Å²) < 4.78 is 39.4. The Balaban J connectivity index is 1.60. The molecule has 1 aromatic heterocycles. The van der Waals surface area contributed by atoms with Crippen molar-refractivity contribution in [2.24, 2.45) is 5.92 Å². The first-order chi connectivity index (χ1) is 16.0. The van der Waals surface area contributed by atoms with Crippen LogP contribution in [-0.2, 0) is 6.54 Å². The summed E-state index contributed by atoms with van der Waals surface area (Å²) in [4.78, 5) is 17.4. The standard InChI is InChI=1S/C25H26F2N2O4/c1-32-22-8-7-16(9-21(22)27)11-28-24(31)19-10-18(12-29-25(19)33-14-15-5-6-15)23-17(13-30)3-2-4-20(23)26/h2-3,7-10,12,15,20,30H,4-6,11,13-14H2,1H3,(H,28,31). The van der Waals surface area contributed by atoms with Gasteiger partial charge in [0.2, 0.25) is 5.88 Å². The minimum atomic E-state index is -1.31. The fourth-order valence-electron chi connectivity index (χ4n) is 3.70. The summed E-state index contributed by atoms with van der Waals surface area (Å²) in [5.74, 6) is -0.263. The van der Waals surface area contributed by atoms with Crippen molar-refractivity contribution in [3.63, 3.8) is 0 Å². The zero-order chi connectivity index (χ0) is 23.4. The number of ether oxygens (including phenoxy) is 2. The van der Waals surface area contributed by atoms with E-state index in [-0.39, 0.29) is 36.8 Å². The molecule has 1 aromatic carbocycles. The molecular formula is C25H26F2N2O4. The van der Waals surface area contributed by atoms with Crippen LogP contribution in [0.25, 0.3) is 5.57 Å². The highest BCUT2D eigenvalue weighted by Crippen LogP contribution is 2.34. The molecule has 0 aliphatic heterocycles. The molecular weight excluding hydrogens is 430 g/mol. The van der Waals surface area contributed by atoms with Crippen LogP contribution in [0.4, 0.5) is 8.78 Å². The van der Waals surface area contributed by atoms with E-state index in [9.17, 15) is 18.7 Å². The number of alkyl halides is 1. The van der Waals surface area contributed by atoms with E-state index >= 15 is 0 Å². The molecule has 2 N–H and O–H groups in total. The third-order valence-electron chi connectivity index (χ3n) is 5.72. The Morgan fingerprint density at radius 2 is 2.12 bits per heavy atom. The highest BCUT2D eigenvalue weighted by atomic mass is 19.1. The average Bonchev–Trinajstić information content (AvgIpc) is 3.65. The lowest BCUT2D eigenvalue weighted by atomic mass is 9.90. The van der Waals surface area contributed by atoms with Gasteiger partial charge in [0.15, 0.2) is 11.6 Å². The van der Waals surface area contributed by atoms with E-state index in [1.165, 1.54) is 31.5 Å². The van der Waals surface area contributed by atoms with Crippen LogP contribution >= 0.6 is 0 Å². The highest BCUT2D eigenvalue weighted by Gasteiger charge is 2.26. The summed E-state index contributed by atoms with van der Waals surface area (Å²) in [6.07, 6.45) is 5.84. The van der Waals surface area contributed by atoms with Crippen LogP contribution in [0.2, 0.25) is 0 Å².